The number of hydrogen-bond acceptors (Lipinski definition) is 2. The van der Waals surface area contributed by atoms with Crippen molar-refractivity contribution in [3.05, 3.63) is 50.4 Å². The highest BCUT2D eigenvalue weighted by Crippen LogP contribution is 2.21. The van der Waals surface area contributed by atoms with Gasteiger partial charge in [0.1, 0.15) is 0 Å². The van der Waals surface area contributed by atoms with Gasteiger partial charge in [-0.25, -0.2) is 9.98 Å². The van der Waals surface area contributed by atoms with E-state index in [1.54, 1.807) is 18.2 Å². The fourth-order valence-electron chi connectivity index (χ4n) is 1.89. The summed E-state index contributed by atoms with van der Waals surface area (Å²) in [5.41, 5.74) is 6.94. The number of aromatic amines is 1. The lowest BCUT2D eigenvalue weighted by Gasteiger charge is -2.03. The van der Waals surface area contributed by atoms with E-state index >= 15 is 0 Å². The van der Waals surface area contributed by atoms with Gasteiger partial charge >= 0.3 is 5.95 Å². The highest BCUT2D eigenvalue weighted by atomic mass is 35.5. The third-order valence-electron chi connectivity index (χ3n) is 2.70. The lowest BCUT2D eigenvalue weighted by molar-refractivity contribution is -0.365. The predicted octanol–water partition coefficient (Wildman–Crippen LogP) is 1.17. The first-order chi connectivity index (χ1) is 10.5. The Labute approximate surface area is 137 Å². The smallest absolute Gasteiger partial charge is 0.322 e. The van der Waals surface area contributed by atoms with Crippen LogP contribution in [0, 0.1) is 0 Å². The number of hydrogen-bond donors (Lipinski definition) is 4. The van der Waals surface area contributed by atoms with E-state index in [2.05, 4.69) is 20.3 Å². The Morgan fingerprint density at radius 2 is 2.00 bits per heavy atom. The number of H-pyrrole nitrogens is 1. The summed E-state index contributed by atoms with van der Waals surface area (Å²) in [6.07, 6.45) is 1.62. The zero-order valence-corrected chi connectivity index (χ0v) is 13.4. The van der Waals surface area contributed by atoms with Crippen LogP contribution in [-0.4, -0.2) is 15.9 Å². The molecule has 0 fully saturated rings. The monoisotopic (exact) mass is 340 g/mol. The molecular formula is C14H16Cl2N5O+. The highest BCUT2D eigenvalue weighted by Gasteiger charge is 2.07. The van der Waals surface area contributed by atoms with Gasteiger partial charge in [0.25, 0.3) is 11.5 Å². The average molecular weight is 341 g/mol. The molecule has 0 unspecified atom stereocenters. The summed E-state index contributed by atoms with van der Waals surface area (Å²) in [4.78, 5) is 21.2. The molecule has 0 spiro atoms. The fraction of sp³-hybridized carbons (Fsp3) is 0.214. The van der Waals surface area contributed by atoms with Crippen molar-refractivity contribution < 1.29 is 4.99 Å². The van der Waals surface area contributed by atoms with Crippen LogP contribution in [0.15, 0.2) is 29.1 Å². The van der Waals surface area contributed by atoms with Gasteiger partial charge in [0, 0.05) is 16.1 Å². The van der Waals surface area contributed by atoms with Gasteiger partial charge in [0.15, 0.2) is 0 Å². The Morgan fingerprint density at radius 1 is 1.32 bits per heavy atom. The molecule has 2 rings (SSSR count). The van der Waals surface area contributed by atoms with Gasteiger partial charge in [0.05, 0.1) is 11.4 Å². The first kappa shape index (κ1) is 16.3. The molecule has 0 bridgehead atoms. The van der Waals surface area contributed by atoms with Gasteiger partial charge < -0.3 is 5.73 Å². The van der Waals surface area contributed by atoms with Gasteiger partial charge in [-0.2, -0.15) is 0 Å². The Bertz CT molecular complexity index is 737. The molecule has 8 heteroatoms. The average Bonchev–Trinajstić information content (AvgIpc) is 2.36. The minimum absolute atomic E-state index is 0.190. The standard InChI is InChI=1S/C14H15Cl2N5O/c1-2-3-10-7-12(22)20-14(19-10)21-13(17)18-11-5-8(15)4-9(16)6-11/h4-7H,2-3H2,1H3,(H4,17,18,19,20,21,22)/p+1. The SMILES string of the molecule is CCCc1cc(=O)[nH]c([NH+]=C(N)Nc2cc(Cl)cc(Cl)c2)n1. The first-order valence-electron chi connectivity index (χ1n) is 6.69. The summed E-state index contributed by atoms with van der Waals surface area (Å²) in [5, 5.41) is 3.87. The molecule has 0 aliphatic rings. The second-order valence-corrected chi connectivity index (χ2v) is 5.53. The van der Waals surface area contributed by atoms with Crippen molar-refractivity contribution in [1.82, 2.24) is 9.97 Å². The van der Waals surface area contributed by atoms with Gasteiger partial charge in [0.2, 0.25) is 0 Å². The van der Waals surface area contributed by atoms with E-state index in [9.17, 15) is 4.79 Å². The van der Waals surface area contributed by atoms with Crippen molar-refractivity contribution in [1.29, 1.82) is 0 Å². The van der Waals surface area contributed by atoms with Crippen LogP contribution in [0.5, 0.6) is 0 Å². The van der Waals surface area contributed by atoms with Crippen LogP contribution in [0.3, 0.4) is 0 Å². The molecule has 1 heterocycles. The third-order valence-corrected chi connectivity index (χ3v) is 3.13. The maximum atomic E-state index is 11.6. The zero-order chi connectivity index (χ0) is 16.1. The van der Waals surface area contributed by atoms with Gasteiger partial charge in [-0.3, -0.25) is 10.1 Å². The Hall–Kier alpha value is -2.05. The number of anilines is 1. The van der Waals surface area contributed by atoms with E-state index in [4.69, 9.17) is 28.9 Å². The number of nitrogens with zero attached hydrogens (tertiary/aromatic N) is 1. The van der Waals surface area contributed by atoms with E-state index < -0.39 is 0 Å². The van der Waals surface area contributed by atoms with Crippen molar-refractivity contribution in [2.75, 3.05) is 5.32 Å². The lowest BCUT2D eigenvalue weighted by atomic mass is 10.2. The van der Waals surface area contributed by atoms with Gasteiger partial charge in [-0.15, -0.1) is 4.98 Å². The number of nitrogens with two attached hydrogens (primary N) is 1. The molecule has 0 saturated heterocycles. The summed E-state index contributed by atoms with van der Waals surface area (Å²) in [5.74, 6) is 0.462. The number of benzene rings is 1. The van der Waals surface area contributed by atoms with Crippen LogP contribution in [0.4, 0.5) is 11.6 Å². The van der Waals surface area contributed by atoms with E-state index in [0.29, 0.717) is 21.4 Å². The van der Waals surface area contributed by atoms with Gasteiger partial charge in [-0.05, 0) is 31.0 Å². The maximum absolute atomic E-state index is 11.6. The third kappa shape index (κ3) is 4.75. The van der Waals surface area contributed by atoms with Crippen molar-refractivity contribution >= 4 is 40.8 Å². The molecule has 5 N–H and O–H groups in total. The molecule has 1 aromatic heterocycles. The van der Waals surface area contributed by atoms with Crippen LogP contribution in [0.1, 0.15) is 19.0 Å². The number of nitrogens with one attached hydrogen (secondary N) is 3. The van der Waals surface area contributed by atoms with Crippen LogP contribution in [0.25, 0.3) is 0 Å². The van der Waals surface area contributed by atoms with Crippen LogP contribution in [-0.2, 0) is 6.42 Å². The molecule has 0 atom stereocenters. The Balaban J connectivity index is 2.23. The highest BCUT2D eigenvalue weighted by molar-refractivity contribution is 6.35. The van der Waals surface area contributed by atoms with Crippen LogP contribution >= 0.6 is 23.2 Å². The van der Waals surface area contributed by atoms with Crippen molar-refractivity contribution in [2.24, 2.45) is 5.73 Å². The Kier molecular flexibility index (Phi) is 5.41. The number of rotatable bonds is 4. The second kappa shape index (κ2) is 7.29. The first-order valence-corrected chi connectivity index (χ1v) is 7.44. The summed E-state index contributed by atoms with van der Waals surface area (Å²) in [6.45, 7) is 2.01. The van der Waals surface area contributed by atoms with E-state index in [1.165, 1.54) is 6.07 Å². The quantitative estimate of drug-likeness (QED) is 0.496. The van der Waals surface area contributed by atoms with E-state index in [1.807, 2.05) is 6.92 Å². The zero-order valence-electron chi connectivity index (χ0n) is 11.9. The van der Waals surface area contributed by atoms with E-state index in [0.717, 1.165) is 12.8 Å². The molecule has 0 amide bonds. The topological polar surface area (TPSA) is 97.8 Å². The molecule has 22 heavy (non-hydrogen) atoms. The normalized spacial score (nSPS) is 11.5. The molecule has 2 aromatic rings. The second-order valence-electron chi connectivity index (χ2n) is 4.66. The van der Waals surface area contributed by atoms with Crippen LogP contribution < -0.4 is 21.6 Å². The Morgan fingerprint density at radius 3 is 2.64 bits per heavy atom. The maximum Gasteiger partial charge on any atom is 0.325 e. The van der Waals surface area contributed by atoms with Crippen molar-refractivity contribution in [3.8, 4) is 0 Å². The van der Waals surface area contributed by atoms with E-state index in [-0.39, 0.29) is 17.5 Å². The molecule has 1 aromatic carbocycles. The largest absolute Gasteiger partial charge is 0.325 e. The summed E-state index contributed by atoms with van der Waals surface area (Å²) in [7, 11) is 0. The number of aromatic nitrogens is 2. The molecule has 0 aliphatic carbocycles. The van der Waals surface area contributed by atoms with Crippen molar-refractivity contribution in [3.63, 3.8) is 0 Å². The fourth-order valence-corrected chi connectivity index (χ4v) is 2.42. The summed E-state index contributed by atoms with van der Waals surface area (Å²) in [6, 6.07) is 6.43. The molecule has 116 valence electrons. The number of halogens is 2. The number of guanidine groups is 1. The predicted molar refractivity (Wildman–Crippen MR) is 88.8 cm³/mol. The van der Waals surface area contributed by atoms with Crippen LogP contribution in [0.2, 0.25) is 10.0 Å². The van der Waals surface area contributed by atoms with Gasteiger partial charge in [-0.1, -0.05) is 30.1 Å². The minimum Gasteiger partial charge on any atom is -0.322 e. The number of aryl methyl sites for hydroxylation is 1. The summed E-state index contributed by atoms with van der Waals surface area (Å²) >= 11 is 11.8. The minimum atomic E-state index is -0.237. The summed E-state index contributed by atoms with van der Waals surface area (Å²) < 4.78 is 0. The molecule has 6 nitrogen and oxygen atoms in total. The molecule has 0 radical (unpaired) electrons. The lowest BCUT2D eigenvalue weighted by Crippen LogP contribution is -2.73. The van der Waals surface area contributed by atoms with Crippen molar-refractivity contribution in [2.45, 2.75) is 19.8 Å². The molecule has 0 aliphatic heterocycles. The molecule has 0 saturated carbocycles. The molecular weight excluding hydrogens is 325 g/mol.